The van der Waals surface area contributed by atoms with Gasteiger partial charge in [-0.15, -0.1) is 0 Å². The Hall–Kier alpha value is -2.49. The summed E-state index contributed by atoms with van der Waals surface area (Å²) in [7, 11) is -3.74. The predicted molar refractivity (Wildman–Crippen MR) is 92.0 cm³/mol. The summed E-state index contributed by atoms with van der Waals surface area (Å²) >= 11 is 5.89. The van der Waals surface area contributed by atoms with Gasteiger partial charge in [0.15, 0.2) is 0 Å². The summed E-state index contributed by atoms with van der Waals surface area (Å²) in [6.45, 7) is 0.279. The number of sulfonamides is 1. The molecule has 132 valence electrons. The van der Waals surface area contributed by atoms with Gasteiger partial charge in [-0.25, -0.2) is 13.6 Å². The zero-order valence-corrected chi connectivity index (χ0v) is 14.4. The van der Waals surface area contributed by atoms with Crippen LogP contribution in [-0.2, 0) is 16.4 Å². The Morgan fingerprint density at radius 1 is 1.20 bits per heavy atom. The van der Waals surface area contributed by atoms with E-state index in [0.717, 1.165) is 11.6 Å². The fraction of sp³-hybridized carbons (Fsp3) is 0.133. The normalized spacial score (nSPS) is 11.1. The van der Waals surface area contributed by atoms with Crippen LogP contribution in [0.3, 0.4) is 0 Å². The Balaban J connectivity index is 1.95. The molecule has 0 heterocycles. The van der Waals surface area contributed by atoms with Crippen LogP contribution in [0.15, 0.2) is 47.4 Å². The molecule has 2 aromatic carbocycles. The largest absolute Gasteiger partial charge is 0.352 e. The number of hydrogen-bond donors (Lipinski definition) is 2. The number of nitro groups is 1. The van der Waals surface area contributed by atoms with Crippen molar-refractivity contribution in [2.24, 2.45) is 5.14 Å². The number of halogens is 1. The monoisotopic (exact) mass is 383 g/mol. The summed E-state index contributed by atoms with van der Waals surface area (Å²) in [4.78, 5) is 22.1. The third kappa shape index (κ3) is 4.99. The lowest BCUT2D eigenvalue weighted by Crippen LogP contribution is -2.26. The molecule has 10 heteroatoms. The van der Waals surface area contributed by atoms with Crippen LogP contribution >= 0.6 is 11.6 Å². The molecule has 0 aliphatic rings. The smallest absolute Gasteiger partial charge is 0.270 e. The van der Waals surface area contributed by atoms with Crippen LogP contribution in [0.4, 0.5) is 5.69 Å². The molecular weight excluding hydrogens is 370 g/mol. The second-order valence-electron chi connectivity index (χ2n) is 5.12. The highest BCUT2D eigenvalue weighted by molar-refractivity contribution is 7.89. The number of benzene rings is 2. The van der Waals surface area contributed by atoms with Crippen LogP contribution in [-0.4, -0.2) is 25.8 Å². The van der Waals surface area contributed by atoms with E-state index in [0.29, 0.717) is 6.42 Å². The molecule has 0 radical (unpaired) electrons. The van der Waals surface area contributed by atoms with Gasteiger partial charge in [-0.05, 0) is 30.2 Å². The zero-order chi connectivity index (χ0) is 18.6. The number of primary sulfonamides is 1. The molecule has 0 saturated carbocycles. The third-order valence-electron chi connectivity index (χ3n) is 3.36. The Morgan fingerprint density at radius 2 is 1.84 bits per heavy atom. The predicted octanol–water partition coefficient (Wildman–Crippen LogP) is 1.87. The summed E-state index contributed by atoms with van der Waals surface area (Å²) in [5, 5.41) is 18.3. The highest BCUT2D eigenvalue weighted by Crippen LogP contribution is 2.22. The van der Waals surface area contributed by atoms with Crippen LogP contribution in [0.2, 0.25) is 5.02 Å². The first-order valence-corrected chi connectivity index (χ1v) is 8.95. The first kappa shape index (κ1) is 18.8. The number of carbonyl (C=O) groups excluding carboxylic acids is 1. The summed E-state index contributed by atoms with van der Waals surface area (Å²) in [6.07, 6.45) is 0.460. The fourth-order valence-electron chi connectivity index (χ4n) is 2.06. The van der Waals surface area contributed by atoms with Gasteiger partial charge >= 0.3 is 0 Å². The minimum absolute atomic E-state index is 0.01000. The quantitative estimate of drug-likeness (QED) is 0.580. The molecule has 0 spiro atoms. The van der Waals surface area contributed by atoms with Crippen molar-refractivity contribution >= 4 is 33.2 Å². The first-order chi connectivity index (χ1) is 11.7. The number of non-ortho nitro benzene ring substituents is 1. The number of nitrogens with two attached hydrogens (primary N) is 1. The van der Waals surface area contributed by atoms with E-state index in [1.807, 2.05) is 0 Å². The SMILES string of the molecule is NS(=O)(=O)c1ccc(CCNC(=O)c2ccc([N+](=O)[O-])cc2Cl)cc1. The molecular formula is C15H14ClN3O5S. The van der Waals surface area contributed by atoms with Crippen LogP contribution in [0.25, 0.3) is 0 Å². The maximum Gasteiger partial charge on any atom is 0.270 e. The Morgan fingerprint density at radius 3 is 2.36 bits per heavy atom. The van der Waals surface area contributed by atoms with E-state index in [1.165, 1.54) is 24.3 Å². The fourth-order valence-corrected chi connectivity index (χ4v) is 2.84. The van der Waals surface area contributed by atoms with Gasteiger partial charge in [0.2, 0.25) is 10.0 Å². The van der Waals surface area contributed by atoms with E-state index in [4.69, 9.17) is 16.7 Å². The first-order valence-electron chi connectivity index (χ1n) is 7.02. The van der Waals surface area contributed by atoms with Gasteiger partial charge < -0.3 is 5.32 Å². The van der Waals surface area contributed by atoms with Crippen molar-refractivity contribution in [3.63, 3.8) is 0 Å². The summed E-state index contributed by atoms with van der Waals surface area (Å²) < 4.78 is 22.3. The van der Waals surface area contributed by atoms with Crippen molar-refractivity contribution in [2.45, 2.75) is 11.3 Å². The van der Waals surface area contributed by atoms with E-state index >= 15 is 0 Å². The number of carbonyl (C=O) groups is 1. The van der Waals surface area contributed by atoms with E-state index in [9.17, 15) is 23.3 Å². The number of nitro benzene ring substituents is 1. The van der Waals surface area contributed by atoms with Gasteiger partial charge in [-0.3, -0.25) is 14.9 Å². The molecule has 1 amide bonds. The average molecular weight is 384 g/mol. The van der Waals surface area contributed by atoms with Crippen molar-refractivity contribution < 1.29 is 18.1 Å². The van der Waals surface area contributed by atoms with Gasteiger partial charge in [0.05, 0.1) is 20.4 Å². The maximum atomic E-state index is 12.1. The molecule has 0 atom stereocenters. The minimum Gasteiger partial charge on any atom is -0.352 e. The van der Waals surface area contributed by atoms with E-state index in [1.54, 1.807) is 12.1 Å². The zero-order valence-electron chi connectivity index (χ0n) is 12.8. The Labute approximate surface area is 148 Å². The second-order valence-corrected chi connectivity index (χ2v) is 7.08. The Bertz CT molecular complexity index is 913. The van der Waals surface area contributed by atoms with Crippen molar-refractivity contribution in [3.8, 4) is 0 Å². The van der Waals surface area contributed by atoms with E-state index < -0.39 is 20.9 Å². The molecule has 0 saturated heterocycles. The van der Waals surface area contributed by atoms with Crippen molar-refractivity contribution in [1.29, 1.82) is 0 Å². The number of amides is 1. The summed E-state index contributed by atoms with van der Waals surface area (Å²) in [6, 6.07) is 9.58. The molecule has 0 aliphatic carbocycles. The van der Waals surface area contributed by atoms with Crippen molar-refractivity contribution in [2.75, 3.05) is 6.54 Å². The van der Waals surface area contributed by atoms with Gasteiger partial charge in [0.25, 0.3) is 11.6 Å². The van der Waals surface area contributed by atoms with Gasteiger partial charge in [-0.2, -0.15) is 0 Å². The Kier molecular flexibility index (Phi) is 5.73. The highest BCUT2D eigenvalue weighted by atomic mass is 35.5. The number of rotatable bonds is 6. The van der Waals surface area contributed by atoms with Crippen LogP contribution in [0.1, 0.15) is 15.9 Å². The summed E-state index contributed by atoms with van der Waals surface area (Å²) in [5.74, 6) is -0.457. The van der Waals surface area contributed by atoms with Gasteiger partial charge in [0, 0.05) is 18.7 Å². The second kappa shape index (κ2) is 7.60. The van der Waals surface area contributed by atoms with Crippen LogP contribution in [0, 0.1) is 10.1 Å². The number of hydrogen-bond acceptors (Lipinski definition) is 5. The molecule has 8 nitrogen and oxygen atoms in total. The number of nitrogens with one attached hydrogen (secondary N) is 1. The summed E-state index contributed by atoms with van der Waals surface area (Å²) in [5.41, 5.74) is 0.746. The molecule has 0 unspecified atom stereocenters. The number of nitrogens with zero attached hydrogens (tertiary/aromatic N) is 1. The van der Waals surface area contributed by atoms with Crippen LogP contribution < -0.4 is 10.5 Å². The standard InChI is InChI=1S/C15H14ClN3O5S/c16-14-9-11(19(21)22)3-6-13(14)15(20)18-8-7-10-1-4-12(5-2-10)25(17,23)24/h1-6,9H,7-8H2,(H,18,20)(H2,17,23,24). The average Bonchev–Trinajstić information content (AvgIpc) is 2.54. The van der Waals surface area contributed by atoms with E-state index in [-0.39, 0.29) is 27.7 Å². The van der Waals surface area contributed by atoms with Crippen LogP contribution in [0.5, 0.6) is 0 Å². The van der Waals surface area contributed by atoms with E-state index in [2.05, 4.69) is 5.32 Å². The maximum absolute atomic E-state index is 12.1. The minimum atomic E-state index is -3.74. The topological polar surface area (TPSA) is 132 Å². The molecule has 0 fully saturated rings. The highest BCUT2D eigenvalue weighted by Gasteiger charge is 2.14. The third-order valence-corrected chi connectivity index (χ3v) is 4.60. The lowest BCUT2D eigenvalue weighted by atomic mass is 10.1. The molecule has 0 aromatic heterocycles. The van der Waals surface area contributed by atoms with Crippen molar-refractivity contribution in [3.05, 3.63) is 68.7 Å². The van der Waals surface area contributed by atoms with Crippen molar-refractivity contribution in [1.82, 2.24) is 5.32 Å². The van der Waals surface area contributed by atoms with Gasteiger partial charge in [0.1, 0.15) is 0 Å². The molecule has 0 bridgehead atoms. The molecule has 3 N–H and O–H groups in total. The molecule has 2 aromatic rings. The molecule has 2 rings (SSSR count). The lowest BCUT2D eigenvalue weighted by molar-refractivity contribution is -0.384. The molecule has 0 aliphatic heterocycles. The lowest BCUT2D eigenvalue weighted by Gasteiger charge is -2.07. The molecule has 25 heavy (non-hydrogen) atoms. The van der Waals surface area contributed by atoms with Gasteiger partial charge in [-0.1, -0.05) is 23.7 Å².